The standard InChI is InChI=1S/C17H16ClFN2O3S/c18-14-11-12(8-9-15(14)19)20-17(22)16-7-4-10-21(16)25(23,24)13-5-2-1-3-6-13/h1-3,5-6,8-9,11,16H,4,7,10H2,(H,20,22). The molecule has 2 aromatic carbocycles. The molecule has 8 heteroatoms. The van der Waals surface area contributed by atoms with Crippen LogP contribution < -0.4 is 5.32 Å². The lowest BCUT2D eigenvalue weighted by Crippen LogP contribution is -2.43. The van der Waals surface area contributed by atoms with Gasteiger partial charge in [0.15, 0.2) is 0 Å². The second-order valence-corrected chi connectivity index (χ2v) is 8.00. The van der Waals surface area contributed by atoms with E-state index in [0.29, 0.717) is 18.5 Å². The first-order valence-electron chi connectivity index (χ1n) is 7.72. The number of amides is 1. The third-order valence-corrected chi connectivity index (χ3v) is 6.26. The number of hydrogen-bond donors (Lipinski definition) is 1. The molecule has 0 aliphatic carbocycles. The predicted octanol–water partition coefficient (Wildman–Crippen LogP) is 3.27. The molecule has 1 unspecified atom stereocenters. The first-order chi connectivity index (χ1) is 11.9. The molecule has 0 bridgehead atoms. The highest BCUT2D eigenvalue weighted by Crippen LogP contribution is 2.27. The molecule has 0 radical (unpaired) electrons. The molecule has 1 fully saturated rings. The maximum atomic E-state index is 13.2. The fraction of sp³-hybridized carbons (Fsp3) is 0.235. The van der Waals surface area contributed by atoms with Gasteiger partial charge in [-0.3, -0.25) is 4.79 Å². The lowest BCUT2D eigenvalue weighted by molar-refractivity contribution is -0.119. The molecule has 0 spiro atoms. The van der Waals surface area contributed by atoms with Gasteiger partial charge in [-0.1, -0.05) is 29.8 Å². The van der Waals surface area contributed by atoms with Crippen molar-refractivity contribution in [3.8, 4) is 0 Å². The van der Waals surface area contributed by atoms with Gasteiger partial charge in [-0.2, -0.15) is 4.31 Å². The van der Waals surface area contributed by atoms with Crippen molar-refractivity contribution < 1.29 is 17.6 Å². The van der Waals surface area contributed by atoms with Crippen LogP contribution >= 0.6 is 11.6 Å². The minimum absolute atomic E-state index is 0.113. The molecular weight excluding hydrogens is 367 g/mol. The molecule has 3 rings (SSSR count). The number of sulfonamides is 1. The summed E-state index contributed by atoms with van der Waals surface area (Å²) in [5.74, 6) is -1.05. The van der Waals surface area contributed by atoms with Crippen LogP contribution in [0, 0.1) is 5.82 Å². The van der Waals surface area contributed by atoms with Crippen molar-refractivity contribution in [2.24, 2.45) is 0 Å². The van der Waals surface area contributed by atoms with Gasteiger partial charge in [0.25, 0.3) is 0 Å². The fourth-order valence-electron chi connectivity index (χ4n) is 2.82. The number of halogens is 2. The molecule has 1 amide bonds. The van der Waals surface area contributed by atoms with Crippen LogP contribution in [0.15, 0.2) is 53.4 Å². The van der Waals surface area contributed by atoms with Crippen LogP contribution in [0.25, 0.3) is 0 Å². The Hall–Kier alpha value is -1.96. The fourth-order valence-corrected chi connectivity index (χ4v) is 4.68. The Kier molecular flexibility index (Phi) is 5.08. The van der Waals surface area contributed by atoms with Gasteiger partial charge in [-0.25, -0.2) is 12.8 Å². The van der Waals surface area contributed by atoms with E-state index in [1.54, 1.807) is 18.2 Å². The number of nitrogens with zero attached hydrogens (tertiary/aromatic N) is 1. The van der Waals surface area contributed by atoms with Crippen molar-refractivity contribution in [1.82, 2.24) is 4.31 Å². The quantitative estimate of drug-likeness (QED) is 0.882. The van der Waals surface area contributed by atoms with E-state index in [9.17, 15) is 17.6 Å². The molecule has 132 valence electrons. The highest BCUT2D eigenvalue weighted by Gasteiger charge is 2.39. The molecule has 2 aromatic rings. The van der Waals surface area contributed by atoms with Crippen molar-refractivity contribution >= 4 is 33.2 Å². The van der Waals surface area contributed by atoms with Crippen LogP contribution in [0.3, 0.4) is 0 Å². The zero-order valence-corrected chi connectivity index (χ0v) is 14.7. The van der Waals surface area contributed by atoms with Gasteiger partial charge < -0.3 is 5.32 Å². The molecule has 1 aliphatic heterocycles. The van der Waals surface area contributed by atoms with Crippen LogP contribution in [-0.4, -0.2) is 31.2 Å². The Morgan fingerprint density at radius 1 is 1.20 bits per heavy atom. The lowest BCUT2D eigenvalue weighted by Gasteiger charge is -2.23. The van der Waals surface area contributed by atoms with Gasteiger partial charge in [-0.05, 0) is 43.2 Å². The highest BCUT2D eigenvalue weighted by atomic mass is 35.5. The van der Waals surface area contributed by atoms with Crippen LogP contribution in [0.2, 0.25) is 5.02 Å². The normalized spacial score (nSPS) is 18.2. The van der Waals surface area contributed by atoms with Gasteiger partial charge >= 0.3 is 0 Å². The van der Waals surface area contributed by atoms with E-state index in [4.69, 9.17) is 11.6 Å². The zero-order chi connectivity index (χ0) is 18.0. The monoisotopic (exact) mass is 382 g/mol. The molecular formula is C17H16ClFN2O3S. The summed E-state index contributed by atoms with van der Waals surface area (Å²) in [6.07, 6.45) is 1.02. The van der Waals surface area contributed by atoms with Crippen molar-refractivity contribution in [1.29, 1.82) is 0 Å². The summed E-state index contributed by atoms with van der Waals surface area (Å²) in [6, 6.07) is 11.0. The van der Waals surface area contributed by atoms with Gasteiger partial charge in [0.05, 0.1) is 9.92 Å². The van der Waals surface area contributed by atoms with Gasteiger partial charge in [0.2, 0.25) is 15.9 Å². The predicted molar refractivity (Wildman–Crippen MR) is 93.4 cm³/mol. The average molecular weight is 383 g/mol. The number of hydrogen-bond acceptors (Lipinski definition) is 3. The molecule has 5 nitrogen and oxygen atoms in total. The van der Waals surface area contributed by atoms with Crippen molar-refractivity contribution in [3.63, 3.8) is 0 Å². The number of benzene rings is 2. The number of nitrogens with one attached hydrogen (secondary N) is 1. The SMILES string of the molecule is O=C(Nc1ccc(F)c(Cl)c1)C1CCCN1S(=O)(=O)c1ccccc1. The Morgan fingerprint density at radius 3 is 2.60 bits per heavy atom. The highest BCUT2D eigenvalue weighted by molar-refractivity contribution is 7.89. The summed E-state index contributed by atoms with van der Waals surface area (Å²) in [4.78, 5) is 12.7. The third kappa shape index (κ3) is 3.68. The lowest BCUT2D eigenvalue weighted by atomic mass is 10.2. The van der Waals surface area contributed by atoms with E-state index in [1.807, 2.05) is 0 Å². The van der Waals surface area contributed by atoms with Crippen LogP contribution in [0.1, 0.15) is 12.8 Å². The Morgan fingerprint density at radius 2 is 1.92 bits per heavy atom. The maximum Gasteiger partial charge on any atom is 0.243 e. The molecule has 0 saturated carbocycles. The third-order valence-electron chi connectivity index (χ3n) is 4.04. The molecule has 1 N–H and O–H groups in total. The minimum Gasteiger partial charge on any atom is -0.325 e. The van der Waals surface area contributed by atoms with Crippen molar-refractivity contribution in [2.75, 3.05) is 11.9 Å². The van der Waals surface area contributed by atoms with Crippen LogP contribution in [0.5, 0.6) is 0 Å². The molecule has 1 atom stereocenters. The number of carbonyl (C=O) groups excluding carboxylic acids is 1. The van der Waals surface area contributed by atoms with E-state index >= 15 is 0 Å². The second-order valence-electron chi connectivity index (χ2n) is 5.70. The van der Waals surface area contributed by atoms with Gasteiger partial charge in [-0.15, -0.1) is 0 Å². The van der Waals surface area contributed by atoms with E-state index < -0.39 is 27.8 Å². The Bertz CT molecular complexity index is 890. The summed E-state index contributed by atoms with van der Waals surface area (Å²) < 4.78 is 40.0. The molecule has 1 saturated heterocycles. The van der Waals surface area contributed by atoms with E-state index in [-0.39, 0.29) is 16.5 Å². The summed E-state index contributed by atoms with van der Waals surface area (Å²) in [6.45, 7) is 0.277. The number of rotatable bonds is 4. The average Bonchev–Trinajstić information content (AvgIpc) is 3.10. The molecule has 25 heavy (non-hydrogen) atoms. The summed E-state index contributed by atoms with van der Waals surface area (Å²) in [5.41, 5.74) is 0.320. The first kappa shape index (κ1) is 17.8. The minimum atomic E-state index is -3.75. The van der Waals surface area contributed by atoms with Gasteiger partial charge in [0.1, 0.15) is 11.9 Å². The summed E-state index contributed by atoms with van der Waals surface area (Å²) in [7, 11) is -3.75. The Labute approximate surface area is 150 Å². The van der Waals surface area contributed by atoms with E-state index in [1.165, 1.54) is 28.6 Å². The maximum absolute atomic E-state index is 13.2. The van der Waals surface area contributed by atoms with E-state index in [2.05, 4.69) is 5.32 Å². The Balaban J connectivity index is 1.81. The molecule has 1 heterocycles. The number of carbonyl (C=O) groups is 1. The van der Waals surface area contributed by atoms with Crippen molar-refractivity contribution in [2.45, 2.75) is 23.8 Å². The summed E-state index contributed by atoms with van der Waals surface area (Å²) in [5, 5.41) is 2.50. The largest absolute Gasteiger partial charge is 0.325 e. The van der Waals surface area contributed by atoms with Gasteiger partial charge in [0, 0.05) is 12.2 Å². The first-order valence-corrected chi connectivity index (χ1v) is 9.54. The smallest absolute Gasteiger partial charge is 0.243 e. The van der Waals surface area contributed by atoms with Crippen molar-refractivity contribution in [3.05, 3.63) is 59.4 Å². The topological polar surface area (TPSA) is 66.5 Å². The van der Waals surface area contributed by atoms with Crippen LogP contribution in [0.4, 0.5) is 10.1 Å². The molecule has 1 aliphatic rings. The van der Waals surface area contributed by atoms with E-state index in [0.717, 1.165) is 6.07 Å². The van der Waals surface area contributed by atoms with Crippen LogP contribution in [-0.2, 0) is 14.8 Å². The second kappa shape index (κ2) is 7.11. The number of anilines is 1. The molecule has 0 aromatic heterocycles. The summed E-state index contributed by atoms with van der Waals surface area (Å²) >= 11 is 5.71. The zero-order valence-electron chi connectivity index (χ0n) is 13.2.